The number of hydrogen-bond acceptors (Lipinski definition) is 9. The van der Waals surface area contributed by atoms with E-state index < -0.39 is 28.4 Å². The molecule has 1 amide bonds. The lowest BCUT2D eigenvalue weighted by Crippen LogP contribution is -2.29. The highest BCUT2D eigenvalue weighted by Crippen LogP contribution is 2.44. The molecule has 1 unspecified atom stereocenters. The molecule has 0 spiro atoms. The molecule has 0 bridgehead atoms. The molecule has 5 rings (SSSR count). The van der Waals surface area contributed by atoms with E-state index in [1.54, 1.807) is 24.4 Å². The summed E-state index contributed by atoms with van der Waals surface area (Å²) < 4.78 is 1.77. The molecule has 4 aromatic rings. The number of nitro benzene ring substituents is 1. The Morgan fingerprint density at radius 3 is 2.37 bits per heavy atom. The minimum absolute atomic E-state index is 0.0970. The van der Waals surface area contributed by atoms with Gasteiger partial charge in [0.15, 0.2) is 16.7 Å². The molecule has 0 saturated carbocycles. The number of nitrogens with zero attached hydrogens (tertiary/aromatic N) is 5. The van der Waals surface area contributed by atoms with Crippen molar-refractivity contribution in [3.8, 4) is 0 Å². The van der Waals surface area contributed by atoms with E-state index in [9.17, 15) is 29.6 Å². The number of ketones is 2. The van der Waals surface area contributed by atoms with Gasteiger partial charge in [-0.3, -0.25) is 29.4 Å². The predicted molar refractivity (Wildman–Crippen MR) is 139 cm³/mol. The Morgan fingerprint density at radius 2 is 1.79 bits per heavy atom. The zero-order valence-corrected chi connectivity index (χ0v) is 21.6. The summed E-state index contributed by atoms with van der Waals surface area (Å²) in [5.74, 6) is -2.63. The summed E-state index contributed by atoms with van der Waals surface area (Å²) in [6.45, 7) is 6.59. The molecule has 0 aliphatic carbocycles. The number of anilines is 1. The lowest BCUT2D eigenvalue weighted by molar-refractivity contribution is -0.384. The number of hydrogen-bond donors (Lipinski definition) is 1. The van der Waals surface area contributed by atoms with E-state index in [1.807, 2.05) is 19.1 Å². The first kappa shape index (κ1) is 25.0. The van der Waals surface area contributed by atoms with E-state index >= 15 is 0 Å². The fourth-order valence-corrected chi connectivity index (χ4v) is 5.60. The van der Waals surface area contributed by atoms with Crippen LogP contribution in [0.5, 0.6) is 0 Å². The van der Waals surface area contributed by atoms with E-state index in [0.29, 0.717) is 27.5 Å². The van der Waals surface area contributed by atoms with E-state index in [0.717, 1.165) is 21.8 Å². The van der Waals surface area contributed by atoms with Crippen molar-refractivity contribution in [1.82, 2.24) is 14.4 Å². The van der Waals surface area contributed by atoms with Crippen LogP contribution in [0.2, 0.25) is 0 Å². The van der Waals surface area contributed by atoms with Gasteiger partial charge < -0.3 is 9.51 Å². The number of Topliss-reactive ketones (excluding diaryl/α,β-unsaturated/α-hetero) is 2. The lowest BCUT2D eigenvalue weighted by atomic mass is 9.96. The number of carbonyl (C=O) groups excluding carboxylic acids is 3. The first-order valence-electron chi connectivity index (χ1n) is 11.5. The highest BCUT2D eigenvalue weighted by atomic mass is 32.1. The quantitative estimate of drug-likeness (QED) is 0.0991. The van der Waals surface area contributed by atoms with Gasteiger partial charge in [-0.25, -0.2) is 9.97 Å². The van der Waals surface area contributed by atoms with E-state index in [-0.39, 0.29) is 27.9 Å². The summed E-state index contributed by atoms with van der Waals surface area (Å²) in [7, 11) is 0. The smallest absolute Gasteiger partial charge is 0.301 e. The van der Waals surface area contributed by atoms with Crippen LogP contribution in [0.1, 0.15) is 50.8 Å². The van der Waals surface area contributed by atoms with Crippen molar-refractivity contribution >= 4 is 51.0 Å². The van der Waals surface area contributed by atoms with Gasteiger partial charge in [0, 0.05) is 25.3 Å². The predicted octanol–water partition coefficient (Wildman–Crippen LogP) is 4.45. The topological polar surface area (TPSA) is 148 Å². The van der Waals surface area contributed by atoms with Crippen molar-refractivity contribution in [1.29, 1.82) is 0 Å². The Balaban J connectivity index is 1.76. The molecule has 1 aromatic carbocycles. The molecule has 11 nitrogen and oxygen atoms in total. The number of carbonyl (C=O) groups is 3. The number of non-ortho nitro benzene ring substituents is 1. The van der Waals surface area contributed by atoms with E-state index in [4.69, 9.17) is 0 Å². The van der Waals surface area contributed by atoms with Crippen LogP contribution in [0.15, 0.2) is 48.2 Å². The average molecular weight is 532 g/mol. The summed E-state index contributed by atoms with van der Waals surface area (Å²) in [5.41, 5.74) is 2.43. The number of aromatic nitrogens is 3. The maximum atomic E-state index is 13.4. The van der Waals surface area contributed by atoms with Crippen molar-refractivity contribution in [2.45, 2.75) is 33.7 Å². The molecular weight excluding hydrogens is 510 g/mol. The molecule has 1 N–H and O–H groups in total. The SMILES string of the molecule is CC(=O)c1sc(N2C(=O)C(=O)/C(=C(/O)c3nc4c(C)cccn4c3C)C2c2ccc([N+](=O)[O-])cc2)nc1C. The molecule has 3 aromatic heterocycles. The van der Waals surface area contributed by atoms with Crippen LogP contribution in [0, 0.1) is 30.9 Å². The summed E-state index contributed by atoms with van der Waals surface area (Å²) in [5, 5.41) is 22.8. The number of benzene rings is 1. The Bertz CT molecular complexity index is 1720. The van der Waals surface area contributed by atoms with Crippen LogP contribution in [0.25, 0.3) is 11.4 Å². The minimum atomic E-state index is -1.16. The molecular formula is C26H21N5O6S. The second-order valence-corrected chi connectivity index (χ2v) is 9.89. The fourth-order valence-electron chi connectivity index (χ4n) is 4.61. The first-order valence-corrected chi connectivity index (χ1v) is 12.3. The molecule has 192 valence electrons. The highest BCUT2D eigenvalue weighted by molar-refractivity contribution is 7.18. The van der Waals surface area contributed by atoms with Gasteiger partial charge in [-0.1, -0.05) is 17.4 Å². The monoisotopic (exact) mass is 531 g/mol. The maximum absolute atomic E-state index is 13.4. The number of nitro groups is 1. The second-order valence-electron chi connectivity index (χ2n) is 8.92. The molecule has 1 aliphatic heterocycles. The zero-order valence-electron chi connectivity index (χ0n) is 20.8. The number of fused-ring (bicyclic) bond motifs is 1. The molecule has 38 heavy (non-hydrogen) atoms. The van der Waals surface area contributed by atoms with Gasteiger partial charge in [-0.05, 0) is 50.1 Å². The molecule has 1 aliphatic rings. The molecule has 1 saturated heterocycles. The third-order valence-electron chi connectivity index (χ3n) is 6.48. The van der Waals surface area contributed by atoms with E-state index in [1.165, 1.54) is 31.2 Å². The normalized spacial score (nSPS) is 16.9. The lowest BCUT2D eigenvalue weighted by Gasteiger charge is -2.22. The first-order chi connectivity index (χ1) is 18.0. The van der Waals surface area contributed by atoms with Crippen molar-refractivity contribution in [3.05, 3.63) is 91.4 Å². The number of thiazole rings is 1. The van der Waals surface area contributed by atoms with Crippen LogP contribution in [-0.4, -0.2) is 41.9 Å². The summed E-state index contributed by atoms with van der Waals surface area (Å²) in [6, 6.07) is 7.87. The molecule has 0 radical (unpaired) electrons. The van der Waals surface area contributed by atoms with Gasteiger partial charge in [0.1, 0.15) is 11.3 Å². The summed E-state index contributed by atoms with van der Waals surface area (Å²) in [4.78, 5) is 59.9. The number of aryl methyl sites for hydroxylation is 3. The average Bonchev–Trinajstić information content (AvgIpc) is 3.51. The Kier molecular flexibility index (Phi) is 5.91. The second kappa shape index (κ2) is 8.99. The Hall–Kier alpha value is -4.71. The van der Waals surface area contributed by atoms with Crippen LogP contribution in [0.3, 0.4) is 0 Å². The van der Waals surface area contributed by atoms with Crippen LogP contribution >= 0.6 is 11.3 Å². The number of pyridine rings is 1. The zero-order chi connectivity index (χ0) is 27.5. The van der Waals surface area contributed by atoms with Crippen LogP contribution in [0.4, 0.5) is 10.8 Å². The number of imidazole rings is 1. The minimum Gasteiger partial charge on any atom is -0.505 e. The molecule has 12 heteroatoms. The van der Waals surface area contributed by atoms with Gasteiger partial charge >= 0.3 is 5.91 Å². The molecule has 1 atom stereocenters. The third-order valence-corrected chi connectivity index (χ3v) is 7.74. The summed E-state index contributed by atoms with van der Waals surface area (Å²) in [6.07, 6.45) is 1.77. The fraction of sp³-hybridized carbons (Fsp3) is 0.192. The van der Waals surface area contributed by atoms with Crippen molar-refractivity contribution < 1.29 is 24.4 Å². The highest BCUT2D eigenvalue weighted by Gasteiger charge is 2.49. The van der Waals surface area contributed by atoms with Crippen LogP contribution < -0.4 is 4.90 Å². The third kappa shape index (κ3) is 3.77. The largest absolute Gasteiger partial charge is 0.505 e. The van der Waals surface area contributed by atoms with Crippen LogP contribution in [-0.2, 0) is 9.59 Å². The number of aliphatic hydroxyl groups is 1. The molecule has 1 fully saturated rings. The molecule has 4 heterocycles. The maximum Gasteiger partial charge on any atom is 0.301 e. The van der Waals surface area contributed by atoms with Crippen molar-refractivity contribution in [3.63, 3.8) is 0 Å². The van der Waals surface area contributed by atoms with Crippen molar-refractivity contribution in [2.24, 2.45) is 0 Å². The van der Waals surface area contributed by atoms with Gasteiger partial charge in [0.25, 0.3) is 11.5 Å². The van der Waals surface area contributed by atoms with Gasteiger partial charge in [0.05, 0.1) is 32.8 Å². The van der Waals surface area contributed by atoms with Crippen molar-refractivity contribution in [2.75, 3.05) is 4.90 Å². The standard InChI is InChI=1S/C26H21N5O6S/c1-12-6-5-11-29-14(3)19(28-24(12)29)21(33)18-20(16-7-9-17(10-8-16)31(36)37)30(25(35)22(18)34)26-27-13(2)23(38-26)15(4)32/h5-11,20,33H,1-4H3/b21-18+. The summed E-state index contributed by atoms with van der Waals surface area (Å²) >= 11 is 0.956. The number of rotatable bonds is 5. The number of amides is 1. The van der Waals surface area contributed by atoms with E-state index in [2.05, 4.69) is 9.97 Å². The Morgan fingerprint density at radius 1 is 1.11 bits per heavy atom. The number of aliphatic hydroxyl groups excluding tert-OH is 1. The van der Waals surface area contributed by atoms with Gasteiger partial charge in [-0.15, -0.1) is 0 Å². The van der Waals surface area contributed by atoms with Gasteiger partial charge in [0.2, 0.25) is 0 Å². The Labute approximate surface area is 219 Å². The van der Waals surface area contributed by atoms with Gasteiger partial charge in [-0.2, -0.15) is 0 Å².